The van der Waals surface area contributed by atoms with Crippen LogP contribution < -0.4 is 5.56 Å². The Kier molecular flexibility index (Phi) is 6.10. The van der Waals surface area contributed by atoms with Crippen LogP contribution in [0, 0.1) is 19.7 Å². The number of benzene rings is 1. The molecule has 0 spiro atoms. The van der Waals surface area contributed by atoms with Gasteiger partial charge in [-0.05, 0) is 50.5 Å². The molecule has 32 heavy (non-hydrogen) atoms. The number of amides is 2. The summed E-state index contributed by atoms with van der Waals surface area (Å²) in [5, 5.41) is 6.56. The van der Waals surface area contributed by atoms with E-state index in [-0.39, 0.29) is 35.7 Å². The van der Waals surface area contributed by atoms with Crippen LogP contribution in [0.3, 0.4) is 0 Å². The van der Waals surface area contributed by atoms with Crippen molar-refractivity contribution < 1.29 is 18.7 Å². The first-order chi connectivity index (χ1) is 15.3. The Morgan fingerprint density at radius 3 is 2.75 bits per heavy atom. The summed E-state index contributed by atoms with van der Waals surface area (Å²) < 4.78 is 20.0. The van der Waals surface area contributed by atoms with Crippen molar-refractivity contribution in [2.75, 3.05) is 26.3 Å². The number of H-pyrrole nitrogens is 1. The molecule has 0 aliphatic carbocycles. The number of piperazine rings is 1. The van der Waals surface area contributed by atoms with Crippen LogP contribution in [-0.4, -0.2) is 70.2 Å². The molecule has 9 heteroatoms. The number of ether oxygens (including phenoxy) is 1. The number of carbonyl (C=O) groups is 2. The number of halogens is 1. The first-order valence-electron chi connectivity index (χ1n) is 10.8. The number of nitrogens with zero attached hydrogens (tertiary/aromatic N) is 3. The summed E-state index contributed by atoms with van der Waals surface area (Å²) in [6, 6.07) is 4.22. The van der Waals surface area contributed by atoms with Crippen LogP contribution in [-0.2, 0) is 16.0 Å². The molecule has 0 radical (unpaired) electrons. The lowest BCUT2D eigenvalue weighted by atomic mass is 10.0. The maximum absolute atomic E-state index is 14.6. The van der Waals surface area contributed by atoms with Crippen molar-refractivity contribution in [2.45, 2.75) is 45.7 Å². The molecule has 1 N–H and O–H groups in total. The molecular weight excluding hydrogens is 415 g/mol. The number of nitrogens with one attached hydrogen (secondary N) is 1. The summed E-state index contributed by atoms with van der Waals surface area (Å²) in [7, 11) is 0. The van der Waals surface area contributed by atoms with Crippen LogP contribution in [0.15, 0.2) is 23.0 Å². The SMILES string of the molecule is Cc1c(Cc2ccc(F)c(C(=O)N3CC(=O)N(C4CCOC4)C(C)C3)c2)n[nH]c(=O)c1C. The van der Waals surface area contributed by atoms with Crippen molar-refractivity contribution in [3.8, 4) is 0 Å². The number of rotatable bonds is 4. The van der Waals surface area contributed by atoms with Gasteiger partial charge in [0.25, 0.3) is 11.5 Å². The highest BCUT2D eigenvalue weighted by Crippen LogP contribution is 2.23. The summed E-state index contributed by atoms with van der Waals surface area (Å²) in [6.45, 7) is 6.82. The number of aromatic amines is 1. The zero-order valence-corrected chi connectivity index (χ0v) is 18.5. The van der Waals surface area contributed by atoms with Crippen molar-refractivity contribution >= 4 is 11.8 Å². The molecule has 2 unspecified atom stereocenters. The lowest BCUT2D eigenvalue weighted by Crippen LogP contribution is -2.60. The largest absolute Gasteiger partial charge is 0.379 e. The number of hydrogen-bond acceptors (Lipinski definition) is 5. The van der Waals surface area contributed by atoms with E-state index in [1.807, 2.05) is 13.8 Å². The zero-order valence-electron chi connectivity index (χ0n) is 18.5. The second-order valence-corrected chi connectivity index (χ2v) is 8.59. The Morgan fingerprint density at radius 1 is 1.28 bits per heavy atom. The van der Waals surface area contributed by atoms with Crippen LogP contribution in [0.4, 0.5) is 4.39 Å². The van der Waals surface area contributed by atoms with Gasteiger partial charge in [0, 0.05) is 31.2 Å². The summed E-state index contributed by atoms with van der Waals surface area (Å²) >= 11 is 0. The first kappa shape index (κ1) is 22.1. The Labute approximate surface area is 185 Å². The fourth-order valence-electron chi connectivity index (χ4n) is 4.48. The Bertz CT molecular complexity index is 1110. The van der Waals surface area contributed by atoms with E-state index in [9.17, 15) is 18.8 Å². The van der Waals surface area contributed by atoms with Gasteiger partial charge in [0.15, 0.2) is 0 Å². The lowest BCUT2D eigenvalue weighted by molar-refractivity contribution is -0.141. The van der Waals surface area contributed by atoms with Crippen molar-refractivity contribution in [2.24, 2.45) is 0 Å². The highest BCUT2D eigenvalue weighted by molar-refractivity contribution is 5.97. The summed E-state index contributed by atoms with van der Waals surface area (Å²) in [5.74, 6) is -1.28. The second kappa shape index (κ2) is 8.82. The van der Waals surface area contributed by atoms with Crippen molar-refractivity contribution in [3.05, 3.63) is 62.3 Å². The molecule has 2 fully saturated rings. The predicted octanol–water partition coefficient (Wildman–Crippen LogP) is 1.58. The van der Waals surface area contributed by atoms with E-state index in [0.717, 1.165) is 12.0 Å². The predicted molar refractivity (Wildman–Crippen MR) is 115 cm³/mol. The Balaban J connectivity index is 1.54. The zero-order chi connectivity index (χ0) is 23.0. The fourth-order valence-corrected chi connectivity index (χ4v) is 4.48. The Hall–Kier alpha value is -3.07. The molecule has 0 bridgehead atoms. The number of aromatic nitrogens is 2. The maximum atomic E-state index is 14.6. The molecular formula is C23H27FN4O4. The average molecular weight is 442 g/mol. The maximum Gasteiger partial charge on any atom is 0.267 e. The molecule has 3 heterocycles. The van der Waals surface area contributed by atoms with Crippen LogP contribution in [0.5, 0.6) is 0 Å². The van der Waals surface area contributed by atoms with Gasteiger partial charge in [-0.2, -0.15) is 5.10 Å². The lowest BCUT2D eigenvalue weighted by Gasteiger charge is -2.42. The van der Waals surface area contributed by atoms with Crippen molar-refractivity contribution in [3.63, 3.8) is 0 Å². The molecule has 2 aliphatic heterocycles. The topological polar surface area (TPSA) is 95.6 Å². The summed E-state index contributed by atoms with van der Waals surface area (Å²) in [4.78, 5) is 40.8. The second-order valence-electron chi connectivity index (χ2n) is 8.59. The molecule has 170 valence electrons. The molecule has 1 aromatic heterocycles. The molecule has 2 atom stereocenters. The quantitative estimate of drug-likeness (QED) is 0.776. The van der Waals surface area contributed by atoms with Crippen LogP contribution in [0.25, 0.3) is 0 Å². The van der Waals surface area contributed by atoms with Crippen LogP contribution in [0.1, 0.15) is 46.1 Å². The minimum atomic E-state index is -0.632. The van der Waals surface area contributed by atoms with Crippen molar-refractivity contribution in [1.29, 1.82) is 0 Å². The van der Waals surface area contributed by atoms with E-state index in [1.165, 1.54) is 17.0 Å². The van der Waals surface area contributed by atoms with Gasteiger partial charge in [-0.3, -0.25) is 14.4 Å². The van der Waals surface area contributed by atoms with E-state index in [1.54, 1.807) is 17.9 Å². The fraction of sp³-hybridized carbons (Fsp3) is 0.478. The number of hydrogen-bond donors (Lipinski definition) is 1. The minimum Gasteiger partial charge on any atom is -0.379 e. The molecule has 2 aromatic rings. The summed E-state index contributed by atoms with van der Waals surface area (Å²) in [5.41, 5.74) is 2.37. The third kappa shape index (κ3) is 4.17. The normalized spacial score (nSPS) is 21.3. The molecule has 2 amide bonds. The van der Waals surface area contributed by atoms with Gasteiger partial charge in [0.05, 0.1) is 23.9 Å². The molecule has 2 aliphatic rings. The van der Waals surface area contributed by atoms with E-state index in [0.29, 0.717) is 43.0 Å². The van der Waals surface area contributed by atoms with E-state index in [2.05, 4.69) is 10.2 Å². The highest BCUT2D eigenvalue weighted by atomic mass is 19.1. The van der Waals surface area contributed by atoms with Gasteiger partial charge in [0.2, 0.25) is 5.91 Å². The van der Waals surface area contributed by atoms with Gasteiger partial charge >= 0.3 is 0 Å². The third-order valence-corrected chi connectivity index (χ3v) is 6.42. The van der Waals surface area contributed by atoms with Gasteiger partial charge in [-0.25, -0.2) is 9.49 Å². The molecule has 4 rings (SSSR count). The van der Waals surface area contributed by atoms with Crippen LogP contribution in [0.2, 0.25) is 0 Å². The molecule has 8 nitrogen and oxygen atoms in total. The minimum absolute atomic E-state index is 0.0336. The van der Waals surface area contributed by atoms with E-state index < -0.39 is 11.7 Å². The van der Waals surface area contributed by atoms with Crippen LogP contribution >= 0.6 is 0 Å². The van der Waals surface area contributed by atoms with E-state index >= 15 is 0 Å². The van der Waals surface area contributed by atoms with Gasteiger partial charge in [0.1, 0.15) is 12.4 Å². The van der Waals surface area contributed by atoms with E-state index in [4.69, 9.17) is 4.74 Å². The summed E-state index contributed by atoms with van der Waals surface area (Å²) in [6.07, 6.45) is 1.13. The van der Waals surface area contributed by atoms with Gasteiger partial charge in [-0.1, -0.05) is 6.07 Å². The first-order valence-corrected chi connectivity index (χ1v) is 10.8. The average Bonchev–Trinajstić information content (AvgIpc) is 3.28. The molecule has 0 saturated carbocycles. The Morgan fingerprint density at radius 2 is 2.06 bits per heavy atom. The number of carbonyl (C=O) groups excluding carboxylic acids is 2. The third-order valence-electron chi connectivity index (χ3n) is 6.42. The highest BCUT2D eigenvalue weighted by Gasteiger charge is 2.38. The van der Waals surface area contributed by atoms with Gasteiger partial charge < -0.3 is 14.5 Å². The smallest absolute Gasteiger partial charge is 0.267 e. The monoisotopic (exact) mass is 442 g/mol. The van der Waals surface area contributed by atoms with Crippen molar-refractivity contribution in [1.82, 2.24) is 20.0 Å². The molecule has 1 aromatic carbocycles. The molecule has 2 saturated heterocycles. The standard InChI is InChI=1S/C23H27FN4O4/c1-13-10-27(11-21(29)28(13)17-6-7-32-12-17)23(31)18-8-16(4-5-19(18)24)9-20-14(2)15(3)22(30)26-25-20/h4-5,8,13,17H,6-7,9-12H2,1-3H3,(H,26,30). The van der Waals surface area contributed by atoms with Gasteiger partial charge in [-0.15, -0.1) is 0 Å².